The summed E-state index contributed by atoms with van der Waals surface area (Å²) in [5.41, 5.74) is 1.92. The summed E-state index contributed by atoms with van der Waals surface area (Å²) in [5, 5.41) is 3.06. The third-order valence-corrected chi connectivity index (χ3v) is 9.03. The van der Waals surface area contributed by atoms with E-state index in [9.17, 15) is 18.0 Å². The predicted octanol–water partition coefficient (Wildman–Crippen LogP) is 5.83. The van der Waals surface area contributed by atoms with Crippen molar-refractivity contribution < 1.29 is 18.0 Å². The molecule has 3 aromatic rings. The summed E-state index contributed by atoms with van der Waals surface area (Å²) in [6.07, 6.45) is 0.723. The average Bonchev–Trinajstić information content (AvgIpc) is 2.92. The van der Waals surface area contributed by atoms with Gasteiger partial charge in [-0.3, -0.25) is 13.9 Å². The van der Waals surface area contributed by atoms with Crippen LogP contribution >= 0.6 is 23.2 Å². The van der Waals surface area contributed by atoms with Gasteiger partial charge in [0.2, 0.25) is 11.8 Å². The SMILES string of the molecule is CC[C@@H](C)NC(=O)[C@H](C)N(Cc1ccc(C)cc1)C(=O)CN(c1cccc(Cl)c1Cl)S(=O)(=O)c1ccccc1. The van der Waals surface area contributed by atoms with E-state index in [1.807, 2.05) is 45.0 Å². The number of aryl methyl sites for hydroxylation is 1. The van der Waals surface area contributed by atoms with E-state index < -0.39 is 28.5 Å². The lowest BCUT2D eigenvalue weighted by atomic mass is 10.1. The molecule has 0 unspecified atom stereocenters. The Morgan fingerprint density at radius 3 is 2.18 bits per heavy atom. The fourth-order valence-electron chi connectivity index (χ4n) is 3.86. The van der Waals surface area contributed by atoms with E-state index in [0.29, 0.717) is 0 Å². The maximum atomic E-state index is 13.9. The Hall–Kier alpha value is -3.07. The van der Waals surface area contributed by atoms with E-state index in [1.54, 1.807) is 31.2 Å². The number of carbonyl (C=O) groups excluding carboxylic acids is 2. The van der Waals surface area contributed by atoms with Crippen molar-refractivity contribution in [2.45, 2.75) is 57.6 Å². The molecule has 0 saturated carbocycles. The zero-order chi connectivity index (χ0) is 28.7. The molecule has 0 bridgehead atoms. The van der Waals surface area contributed by atoms with Gasteiger partial charge in [0.25, 0.3) is 10.0 Å². The van der Waals surface area contributed by atoms with Crippen molar-refractivity contribution in [2.75, 3.05) is 10.8 Å². The largest absolute Gasteiger partial charge is 0.352 e. The van der Waals surface area contributed by atoms with Gasteiger partial charge in [0.15, 0.2) is 0 Å². The van der Waals surface area contributed by atoms with Crippen molar-refractivity contribution in [3.05, 3.63) is 94.0 Å². The lowest BCUT2D eigenvalue weighted by molar-refractivity contribution is -0.139. The van der Waals surface area contributed by atoms with Gasteiger partial charge in [-0.05, 0) is 57.0 Å². The van der Waals surface area contributed by atoms with Crippen LogP contribution in [0.1, 0.15) is 38.3 Å². The monoisotopic (exact) mass is 589 g/mol. The first-order valence-electron chi connectivity index (χ1n) is 12.6. The molecule has 0 aliphatic heterocycles. The Labute approximate surface area is 240 Å². The standard InChI is InChI=1S/C29H33Cl2N3O4S/c1-5-21(3)32-29(36)22(4)33(18-23-16-14-20(2)15-17-23)27(35)19-34(26-13-9-12-25(30)28(26)31)39(37,38)24-10-7-6-8-11-24/h6-17,21-22H,5,18-19H2,1-4H3,(H,32,36)/t21-,22+/m1/s1. The third kappa shape index (κ3) is 7.53. The second kappa shape index (κ2) is 13.3. The van der Waals surface area contributed by atoms with Crippen molar-refractivity contribution in [3.63, 3.8) is 0 Å². The van der Waals surface area contributed by atoms with Crippen molar-refractivity contribution >= 4 is 50.7 Å². The number of benzene rings is 3. The molecule has 0 heterocycles. The molecule has 0 aliphatic carbocycles. The van der Waals surface area contributed by atoms with Crippen molar-refractivity contribution in [2.24, 2.45) is 0 Å². The van der Waals surface area contributed by atoms with Crippen LogP contribution < -0.4 is 9.62 Å². The number of hydrogen-bond donors (Lipinski definition) is 1. The second-order valence-corrected chi connectivity index (χ2v) is 12.0. The van der Waals surface area contributed by atoms with Crippen molar-refractivity contribution in [1.29, 1.82) is 0 Å². The maximum absolute atomic E-state index is 13.9. The summed E-state index contributed by atoms with van der Waals surface area (Å²) >= 11 is 12.7. The molecule has 208 valence electrons. The highest BCUT2D eigenvalue weighted by Crippen LogP contribution is 2.35. The van der Waals surface area contributed by atoms with Crippen LogP contribution in [0.4, 0.5) is 5.69 Å². The van der Waals surface area contributed by atoms with Crippen LogP contribution in [0.25, 0.3) is 0 Å². The number of rotatable bonds is 11. The number of halogens is 2. The summed E-state index contributed by atoms with van der Waals surface area (Å²) in [6.45, 7) is 6.93. The van der Waals surface area contributed by atoms with Crippen molar-refractivity contribution in [3.8, 4) is 0 Å². The van der Waals surface area contributed by atoms with E-state index in [4.69, 9.17) is 23.2 Å². The smallest absolute Gasteiger partial charge is 0.264 e. The zero-order valence-corrected chi connectivity index (χ0v) is 24.7. The minimum absolute atomic E-state index is 0.000815. The first-order chi connectivity index (χ1) is 18.4. The van der Waals surface area contributed by atoms with Crippen molar-refractivity contribution in [1.82, 2.24) is 10.2 Å². The topological polar surface area (TPSA) is 86.8 Å². The maximum Gasteiger partial charge on any atom is 0.264 e. The molecule has 0 aliphatic rings. The van der Waals surface area contributed by atoms with Crippen LogP contribution in [-0.4, -0.2) is 43.8 Å². The van der Waals surface area contributed by atoms with E-state index in [0.717, 1.165) is 21.9 Å². The molecule has 0 fully saturated rings. The van der Waals surface area contributed by atoms with Gasteiger partial charge in [-0.15, -0.1) is 0 Å². The average molecular weight is 591 g/mol. The van der Waals surface area contributed by atoms with Gasteiger partial charge in [0.1, 0.15) is 12.6 Å². The molecule has 0 saturated heterocycles. The van der Waals surface area contributed by atoms with Crippen LogP contribution in [0.2, 0.25) is 10.0 Å². The Bertz CT molecular complexity index is 1400. The van der Waals surface area contributed by atoms with Gasteiger partial charge < -0.3 is 10.2 Å². The first kappa shape index (κ1) is 30.5. The Balaban J connectivity index is 2.05. The molecule has 2 atom stereocenters. The number of amides is 2. The molecule has 0 spiro atoms. The number of hydrogen-bond acceptors (Lipinski definition) is 4. The summed E-state index contributed by atoms with van der Waals surface area (Å²) in [6, 6.07) is 19.0. The van der Waals surface area contributed by atoms with E-state index in [-0.39, 0.29) is 39.1 Å². The Kier molecular flexibility index (Phi) is 10.4. The fourth-order valence-corrected chi connectivity index (χ4v) is 5.75. The molecule has 10 heteroatoms. The minimum atomic E-state index is -4.23. The Morgan fingerprint density at radius 1 is 0.923 bits per heavy atom. The highest BCUT2D eigenvalue weighted by Gasteiger charge is 2.33. The Morgan fingerprint density at radius 2 is 1.56 bits per heavy atom. The minimum Gasteiger partial charge on any atom is -0.352 e. The van der Waals surface area contributed by atoms with Gasteiger partial charge >= 0.3 is 0 Å². The quantitative estimate of drug-likeness (QED) is 0.305. The van der Waals surface area contributed by atoms with Crippen LogP contribution in [0.15, 0.2) is 77.7 Å². The molecule has 39 heavy (non-hydrogen) atoms. The highest BCUT2D eigenvalue weighted by atomic mass is 35.5. The van der Waals surface area contributed by atoms with Gasteiger partial charge in [0.05, 0.1) is 20.6 Å². The van der Waals surface area contributed by atoms with Crippen LogP contribution in [0.3, 0.4) is 0 Å². The number of nitrogens with one attached hydrogen (secondary N) is 1. The molecule has 2 amide bonds. The summed E-state index contributed by atoms with van der Waals surface area (Å²) in [4.78, 5) is 28.4. The molecule has 7 nitrogen and oxygen atoms in total. The third-order valence-electron chi connectivity index (χ3n) is 6.45. The molecule has 0 radical (unpaired) electrons. The molecule has 3 aromatic carbocycles. The highest BCUT2D eigenvalue weighted by molar-refractivity contribution is 7.92. The second-order valence-electron chi connectivity index (χ2n) is 9.40. The normalized spacial score (nSPS) is 12.9. The lowest BCUT2D eigenvalue weighted by Gasteiger charge is -2.32. The summed E-state index contributed by atoms with van der Waals surface area (Å²) in [5.74, 6) is -0.902. The molecule has 0 aromatic heterocycles. The van der Waals surface area contributed by atoms with E-state index >= 15 is 0 Å². The number of carbonyl (C=O) groups is 2. The molecule has 1 N–H and O–H groups in total. The summed E-state index contributed by atoms with van der Waals surface area (Å²) in [7, 11) is -4.23. The predicted molar refractivity (Wildman–Crippen MR) is 157 cm³/mol. The van der Waals surface area contributed by atoms with E-state index in [2.05, 4.69) is 5.32 Å². The fraction of sp³-hybridized carbons (Fsp3) is 0.310. The van der Waals surface area contributed by atoms with Crippen LogP contribution in [0.5, 0.6) is 0 Å². The number of anilines is 1. The first-order valence-corrected chi connectivity index (χ1v) is 14.8. The van der Waals surface area contributed by atoms with Crippen LogP contribution in [0, 0.1) is 6.92 Å². The summed E-state index contributed by atoms with van der Waals surface area (Å²) < 4.78 is 28.6. The molecular weight excluding hydrogens is 557 g/mol. The van der Waals surface area contributed by atoms with Crippen LogP contribution in [-0.2, 0) is 26.2 Å². The van der Waals surface area contributed by atoms with Gasteiger partial charge in [-0.25, -0.2) is 8.42 Å². The number of nitrogens with zero attached hydrogens (tertiary/aromatic N) is 2. The lowest BCUT2D eigenvalue weighted by Crippen LogP contribution is -2.52. The molecule has 3 rings (SSSR count). The van der Waals surface area contributed by atoms with Gasteiger partial charge in [-0.1, -0.05) is 84.2 Å². The zero-order valence-electron chi connectivity index (χ0n) is 22.4. The number of sulfonamides is 1. The molecular formula is C29H33Cl2N3O4S. The van der Waals surface area contributed by atoms with E-state index in [1.165, 1.54) is 29.2 Å². The van der Waals surface area contributed by atoms with Gasteiger partial charge in [0, 0.05) is 12.6 Å². The van der Waals surface area contributed by atoms with Gasteiger partial charge in [-0.2, -0.15) is 0 Å².